The summed E-state index contributed by atoms with van der Waals surface area (Å²) in [6.07, 6.45) is 0.717. The van der Waals surface area contributed by atoms with E-state index in [1.165, 1.54) is 17.0 Å². The molecule has 0 aliphatic heterocycles. The minimum atomic E-state index is -4.13. The lowest BCUT2D eigenvalue weighted by Gasteiger charge is -2.33. The van der Waals surface area contributed by atoms with Gasteiger partial charge in [-0.2, -0.15) is 0 Å². The van der Waals surface area contributed by atoms with E-state index in [0.29, 0.717) is 26.9 Å². The summed E-state index contributed by atoms with van der Waals surface area (Å²) in [6.45, 7) is 8.62. The van der Waals surface area contributed by atoms with Crippen molar-refractivity contribution in [3.05, 3.63) is 93.5 Å². The normalized spacial score (nSPS) is 12.9. The minimum Gasteiger partial charge on any atom is -0.352 e. The molecule has 0 aliphatic rings. The van der Waals surface area contributed by atoms with Gasteiger partial charge in [-0.25, -0.2) is 8.42 Å². The summed E-state index contributed by atoms with van der Waals surface area (Å²) in [5, 5.41) is 3.59. The first kappa shape index (κ1) is 31.5. The summed E-state index contributed by atoms with van der Waals surface area (Å²) in [5.41, 5.74) is 2.57. The monoisotopic (exact) mass is 603 g/mol. The van der Waals surface area contributed by atoms with Crippen LogP contribution in [-0.2, 0) is 26.2 Å². The Kier molecular flexibility index (Phi) is 10.6. The molecule has 2 unspecified atom stereocenters. The molecule has 0 heterocycles. The second-order valence-corrected chi connectivity index (χ2v) is 12.6. The van der Waals surface area contributed by atoms with Crippen molar-refractivity contribution < 1.29 is 18.0 Å². The van der Waals surface area contributed by atoms with Crippen molar-refractivity contribution in [2.45, 2.75) is 64.6 Å². The van der Waals surface area contributed by atoms with Crippen LogP contribution in [0, 0.1) is 13.8 Å². The third-order valence-corrected chi connectivity index (χ3v) is 9.26. The molecule has 2 amide bonds. The van der Waals surface area contributed by atoms with E-state index in [-0.39, 0.29) is 23.4 Å². The predicted octanol–water partition coefficient (Wildman–Crippen LogP) is 6.14. The molecule has 214 valence electrons. The number of nitrogens with one attached hydrogen (secondary N) is 1. The Morgan fingerprint density at radius 3 is 2.23 bits per heavy atom. The zero-order valence-corrected chi connectivity index (χ0v) is 25.6. The molecule has 0 saturated heterocycles. The number of anilines is 1. The molecule has 0 aromatic heterocycles. The fraction of sp³-hybridized carbons (Fsp3) is 0.333. The lowest BCUT2D eigenvalue weighted by Crippen LogP contribution is -2.52. The average molecular weight is 605 g/mol. The lowest BCUT2D eigenvalue weighted by molar-refractivity contribution is -0.139. The predicted molar refractivity (Wildman–Crippen MR) is 161 cm³/mol. The van der Waals surface area contributed by atoms with Crippen LogP contribution >= 0.6 is 23.2 Å². The Balaban J connectivity index is 2.07. The van der Waals surface area contributed by atoms with Crippen molar-refractivity contribution in [3.63, 3.8) is 0 Å². The number of amides is 2. The maximum absolute atomic E-state index is 14.0. The molecule has 0 radical (unpaired) electrons. The van der Waals surface area contributed by atoms with E-state index >= 15 is 0 Å². The van der Waals surface area contributed by atoms with Crippen LogP contribution in [0.2, 0.25) is 10.0 Å². The number of hydrogen-bond donors (Lipinski definition) is 1. The molecule has 7 nitrogen and oxygen atoms in total. The van der Waals surface area contributed by atoms with Gasteiger partial charge in [-0.05, 0) is 81.1 Å². The van der Waals surface area contributed by atoms with Gasteiger partial charge in [0.15, 0.2) is 0 Å². The number of halogens is 2. The molecule has 3 aromatic carbocycles. The van der Waals surface area contributed by atoms with Gasteiger partial charge in [0.2, 0.25) is 11.8 Å². The van der Waals surface area contributed by atoms with Crippen LogP contribution in [0.1, 0.15) is 43.9 Å². The SMILES string of the molecule is CCC(C)NC(=O)C(C)N(Cc1ccc(Cl)c(Cl)c1)C(=O)CN(c1cc(C)ccc1C)S(=O)(=O)c1ccccc1. The number of hydrogen-bond acceptors (Lipinski definition) is 4. The Labute approximate surface area is 247 Å². The van der Waals surface area contributed by atoms with Crippen LogP contribution in [0.3, 0.4) is 0 Å². The largest absolute Gasteiger partial charge is 0.352 e. The molecule has 1 N–H and O–H groups in total. The highest BCUT2D eigenvalue weighted by atomic mass is 35.5. The zero-order valence-electron chi connectivity index (χ0n) is 23.3. The molecular formula is C30H35Cl2N3O4S. The maximum Gasteiger partial charge on any atom is 0.264 e. The summed E-state index contributed by atoms with van der Waals surface area (Å²) in [5.74, 6) is -0.884. The first-order chi connectivity index (χ1) is 18.8. The summed E-state index contributed by atoms with van der Waals surface area (Å²) in [7, 11) is -4.13. The fourth-order valence-corrected chi connectivity index (χ4v) is 5.92. The van der Waals surface area contributed by atoms with E-state index in [9.17, 15) is 18.0 Å². The van der Waals surface area contributed by atoms with E-state index in [4.69, 9.17) is 23.2 Å². The number of rotatable bonds is 11. The molecule has 0 saturated carbocycles. The van der Waals surface area contributed by atoms with Crippen molar-refractivity contribution in [3.8, 4) is 0 Å². The van der Waals surface area contributed by atoms with E-state index in [0.717, 1.165) is 16.3 Å². The molecule has 0 spiro atoms. The van der Waals surface area contributed by atoms with Gasteiger partial charge in [-0.1, -0.05) is 66.5 Å². The van der Waals surface area contributed by atoms with Crippen LogP contribution in [-0.4, -0.2) is 43.8 Å². The second kappa shape index (κ2) is 13.5. The van der Waals surface area contributed by atoms with Crippen LogP contribution < -0.4 is 9.62 Å². The van der Waals surface area contributed by atoms with Gasteiger partial charge in [-0.3, -0.25) is 13.9 Å². The number of carbonyl (C=O) groups is 2. The zero-order chi connectivity index (χ0) is 29.6. The van der Waals surface area contributed by atoms with Gasteiger partial charge >= 0.3 is 0 Å². The molecule has 40 heavy (non-hydrogen) atoms. The van der Waals surface area contributed by atoms with Gasteiger partial charge in [0.05, 0.1) is 20.6 Å². The molecule has 10 heteroatoms. The third kappa shape index (κ3) is 7.56. The smallest absolute Gasteiger partial charge is 0.264 e. The van der Waals surface area contributed by atoms with Gasteiger partial charge in [-0.15, -0.1) is 0 Å². The van der Waals surface area contributed by atoms with E-state index in [2.05, 4.69) is 5.32 Å². The first-order valence-corrected chi connectivity index (χ1v) is 15.2. The standard InChI is InChI=1S/C30H35Cl2N3O4S/c1-6-22(4)33-30(37)23(5)34(18-24-14-15-26(31)27(32)17-24)29(36)19-35(28-16-20(2)12-13-21(28)3)40(38,39)25-10-8-7-9-11-25/h7-17,22-23H,6,18-19H2,1-5H3,(H,33,37). The number of carbonyl (C=O) groups excluding carboxylic acids is 2. The summed E-state index contributed by atoms with van der Waals surface area (Å²) < 4.78 is 29.0. The van der Waals surface area contributed by atoms with Gasteiger partial charge in [0.25, 0.3) is 10.0 Å². The average Bonchev–Trinajstić information content (AvgIpc) is 2.93. The topological polar surface area (TPSA) is 86.8 Å². The maximum atomic E-state index is 14.0. The van der Waals surface area contributed by atoms with Crippen LogP contribution in [0.15, 0.2) is 71.6 Å². The van der Waals surface area contributed by atoms with Gasteiger partial charge in [0.1, 0.15) is 12.6 Å². The highest BCUT2D eigenvalue weighted by molar-refractivity contribution is 7.92. The quantitative estimate of drug-likeness (QED) is 0.285. The van der Waals surface area contributed by atoms with Crippen LogP contribution in [0.5, 0.6) is 0 Å². The third-order valence-electron chi connectivity index (χ3n) is 6.75. The first-order valence-electron chi connectivity index (χ1n) is 13.0. The van der Waals surface area contributed by atoms with Gasteiger partial charge in [0, 0.05) is 12.6 Å². The van der Waals surface area contributed by atoms with E-state index in [1.807, 2.05) is 32.9 Å². The van der Waals surface area contributed by atoms with E-state index < -0.39 is 28.5 Å². The molecule has 3 rings (SSSR count). The van der Waals surface area contributed by atoms with Crippen molar-refractivity contribution in [2.24, 2.45) is 0 Å². The minimum absolute atomic E-state index is 0.0246. The van der Waals surface area contributed by atoms with Crippen molar-refractivity contribution >= 4 is 50.7 Å². The molecule has 3 aromatic rings. The summed E-state index contributed by atoms with van der Waals surface area (Å²) in [6, 6.07) is 17.4. The van der Waals surface area contributed by atoms with Crippen molar-refractivity contribution in [2.75, 3.05) is 10.8 Å². The Morgan fingerprint density at radius 2 is 1.60 bits per heavy atom. The highest BCUT2D eigenvalue weighted by Crippen LogP contribution is 2.29. The highest BCUT2D eigenvalue weighted by Gasteiger charge is 2.33. The molecule has 0 fully saturated rings. The Bertz CT molecular complexity index is 1470. The van der Waals surface area contributed by atoms with Crippen LogP contribution in [0.4, 0.5) is 5.69 Å². The lowest BCUT2D eigenvalue weighted by atomic mass is 10.1. The van der Waals surface area contributed by atoms with E-state index in [1.54, 1.807) is 56.3 Å². The summed E-state index contributed by atoms with van der Waals surface area (Å²) >= 11 is 12.3. The number of sulfonamides is 1. The number of aryl methyl sites for hydroxylation is 2. The molecular weight excluding hydrogens is 569 g/mol. The Hall–Kier alpha value is -3.07. The molecule has 0 bridgehead atoms. The molecule has 0 aliphatic carbocycles. The number of nitrogens with zero attached hydrogens (tertiary/aromatic N) is 2. The second-order valence-electron chi connectivity index (χ2n) is 9.88. The summed E-state index contributed by atoms with van der Waals surface area (Å²) in [4.78, 5) is 28.6. The van der Waals surface area contributed by atoms with Gasteiger partial charge < -0.3 is 10.2 Å². The van der Waals surface area contributed by atoms with Crippen molar-refractivity contribution in [1.29, 1.82) is 0 Å². The Morgan fingerprint density at radius 1 is 0.925 bits per heavy atom. The van der Waals surface area contributed by atoms with Crippen molar-refractivity contribution in [1.82, 2.24) is 10.2 Å². The van der Waals surface area contributed by atoms with Crippen LogP contribution in [0.25, 0.3) is 0 Å². The fourth-order valence-electron chi connectivity index (χ4n) is 4.10. The molecule has 2 atom stereocenters. The number of benzene rings is 3.